The molecule has 0 aromatic carbocycles. The average Bonchev–Trinajstić information content (AvgIpc) is 2.04. The van der Waals surface area contributed by atoms with E-state index in [9.17, 15) is 4.91 Å². The summed E-state index contributed by atoms with van der Waals surface area (Å²) in [6, 6.07) is 1.46. The Morgan fingerprint density at radius 1 is 1.73 bits per heavy atom. The predicted molar refractivity (Wildman–Crippen MR) is 43.7 cm³/mol. The monoisotopic (exact) mass is 152 g/mol. The molecule has 11 heavy (non-hydrogen) atoms. The van der Waals surface area contributed by atoms with E-state index in [0.717, 1.165) is 0 Å². The SMILES string of the molecule is CNc1ncc(N)cc1N=O. The molecule has 0 spiro atoms. The maximum atomic E-state index is 10.2. The zero-order chi connectivity index (χ0) is 8.27. The van der Waals surface area contributed by atoms with Gasteiger partial charge in [-0.3, -0.25) is 0 Å². The summed E-state index contributed by atoms with van der Waals surface area (Å²) < 4.78 is 0. The lowest BCUT2D eigenvalue weighted by Crippen LogP contribution is -1.94. The first-order chi connectivity index (χ1) is 5.27. The third-order valence-corrected chi connectivity index (χ3v) is 1.22. The molecule has 0 radical (unpaired) electrons. The minimum atomic E-state index is 0.229. The maximum absolute atomic E-state index is 10.2. The van der Waals surface area contributed by atoms with Gasteiger partial charge < -0.3 is 11.1 Å². The van der Waals surface area contributed by atoms with Crippen molar-refractivity contribution in [2.45, 2.75) is 0 Å². The number of aromatic nitrogens is 1. The zero-order valence-corrected chi connectivity index (χ0v) is 6.03. The number of rotatable bonds is 2. The van der Waals surface area contributed by atoms with E-state index in [1.807, 2.05) is 0 Å². The Morgan fingerprint density at radius 3 is 3.00 bits per heavy atom. The number of nitrogens with zero attached hydrogens (tertiary/aromatic N) is 2. The molecule has 0 aliphatic carbocycles. The lowest BCUT2D eigenvalue weighted by Gasteiger charge is -2.00. The van der Waals surface area contributed by atoms with Crippen LogP contribution in [0.1, 0.15) is 0 Å². The molecule has 1 rings (SSSR count). The minimum absolute atomic E-state index is 0.229. The zero-order valence-electron chi connectivity index (χ0n) is 6.03. The Labute approximate surface area is 63.6 Å². The van der Waals surface area contributed by atoms with Crippen molar-refractivity contribution in [3.8, 4) is 0 Å². The third-order valence-electron chi connectivity index (χ3n) is 1.22. The third kappa shape index (κ3) is 1.43. The molecule has 0 unspecified atom stereocenters. The number of anilines is 2. The van der Waals surface area contributed by atoms with Crippen molar-refractivity contribution in [3.63, 3.8) is 0 Å². The van der Waals surface area contributed by atoms with Crippen LogP contribution >= 0.6 is 0 Å². The van der Waals surface area contributed by atoms with Crippen molar-refractivity contribution < 1.29 is 0 Å². The topological polar surface area (TPSA) is 80.4 Å². The molecular formula is C6H8N4O. The van der Waals surface area contributed by atoms with Crippen molar-refractivity contribution in [2.24, 2.45) is 5.18 Å². The summed E-state index contributed by atoms with van der Waals surface area (Å²) in [5, 5.41) is 5.46. The fourth-order valence-corrected chi connectivity index (χ4v) is 0.731. The van der Waals surface area contributed by atoms with Crippen LogP contribution in [0, 0.1) is 4.91 Å². The molecule has 1 heterocycles. The van der Waals surface area contributed by atoms with Crippen LogP contribution in [0.2, 0.25) is 0 Å². The van der Waals surface area contributed by atoms with E-state index in [1.54, 1.807) is 7.05 Å². The number of nitrogen functional groups attached to an aromatic ring is 1. The van der Waals surface area contributed by atoms with Crippen molar-refractivity contribution in [3.05, 3.63) is 17.2 Å². The molecule has 3 N–H and O–H groups in total. The molecule has 0 saturated heterocycles. The van der Waals surface area contributed by atoms with Gasteiger partial charge in [0.15, 0.2) is 11.5 Å². The van der Waals surface area contributed by atoms with Gasteiger partial charge in [0.2, 0.25) is 0 Å². The van der Waals surface area contributed by atoms with Gasteiger partial charge in [0.05, 0.1) is 11.9 Å². The van der Waals surface area contributed by atoms with Crippen molar-refractivity contribution >= 4 is 17.2 Å². The molecular weight excluding hydrogens is 144 g/mol. The van der Waals surface area contributed by atoms with Crippen LogP contribution in [-0.2, 0) is 0 Å². The summed E-state index contributed by atoms with van der Waals surface area (Å²) in [5.74, 6) is 0.439. The first kappa shape index (κ1) is 7.46. The predicted octanol–water partition coefficient (Wildman–Crippen LogP) is 1.10. The standard InChI is InChI=1S/C6H8N4O/c1-8-6-5(10-11)2-4(7)3-9-6/h2-3H,7H2,1H3,(H,8,9). The second-order valence-electron chi connectivity index (χ2n) is 1.98. The summed E-state index contributed by atoms with van der Waals surface area (Å²) in [5.41, 5.74) is 6.03. The molecule has 0 fully saturated rings. The van der Waals surface area contributed by atoms with E-state index < -0.39 is 0 Å². The smallest absolute Gasteiger partial charge is 0.155 e. The molecule has 0 amide bonds. The van der Waals surface area contributed by atoms with Gasteiger partial charge in [-0.25, -0.2) is 4.98 Å². The summed E-state index contributed by atoms with van der Waals surface area (Å²) in [4.78, 5) is 14.0. The van der Waals surface area contributed by atoms with Gasteiger partial charge in [-0.05, 0) is 11.2 Å². The van der Waals surface area contributed by atoms with Gasteiger partial charge in [0, 0.05) is 7.05 Å². The van der Waals surface area contributed by atoms with Gasteiger partial charge in [-0.2, -0.15) is 0 Å². The van der Waals surface area contributed by atoms with Gasteiger partial charge in [0.25, 0.3) is 0 Å². The second kappa shape index (κ2) is 2.96. The van der Waals surface area contributed by atoms with Crippen LogP contribution in [0.25, 0.3) is 0 Å². The van der Waals surface area contributed by atoms with Crippen LogP contribution in [0.15, 0.2) is 17.4 Å². The van der Waals surface area contributed by atoms with Crippen LogP contribution in [-0.4, -0.2) is 12.0 Å². The fourth-order valence-electron chi connectivity index (χ4n) is 0.731. The van der Waals surface area contributed by atoms with E-state index in [0.29, 0.717) is 11.5 Å². The first-order valence-electron chi connectivity index (χ1n) is 3.04. The molecule has 0 bridgehead atoms. The van der Waals surface area contributed by atoms with Crippen molar-refractivity contribution in [1.29, 1.82) is 0 Å². The highest BCUT2D eigenvalue weighted by Gasteiger charge is 2.01. The lowest BCUT2D eigenvalue weighted by molar-refractivity contribution is 1.27. The Kier molecular flexibility index (Phi) is 2.00. The van der Waals surface area contributed by atoms with Crippen molar-refractivity contribution in [1.82, 2.24) is 4.98 Å². The summed E-state index contributed by atoms with van der Waals surface area (Å²) in [7, 11) is 1.66. The first-order valence-corrected chi connectivity index (χ1v) is 3.04. The number of nitrogens with two attached hydrogens (primary N) is 1. The Morgan fingerprint density at radius 2 is 2.45 bits per heavy atom. The lowest BCUT2D eigenvalue weighted by atomic mass is 10.3. The normalized spacial score (nSPS) is 9.18. The Bertz CT molecular complexity index is 273. The van der Waals surface area contributed by atoms with Gasteiger partial charge >= 0.3 is 0 Å². The molecule has 58 valence electrons. The van der Waals surface area contributed by atoms with Crippen LogP contribution in [0.3, 0.4) is 0 Å². The van der Waals surface area contributed by atoms with E-state index in [1.165, 1.54) is 12.3 Å². The van der Waals surface area contributed by atoms with Crippen molar-refractivity contribution in [2.75, 3.05) is 18.1 Å². The molecule has 5 nitrogen and oxygen atoms in total. The summed E-state index contributed by atoms with van der Waals surface area (Å²) in [6.45, 7) is 0. The number of pyridine rings is 1. The minimum Gasteiger partial charge on any atom is -0.397 e. The molecule has 0 atom stereocenters. The van der Waals surface area contributed by atoms with Gasteiger partial charge in [0.1, 0.15) is 0 Å². The maximum Gasteiger partial charge on any atom is 0.155 e. The number of hydrogen-bond acceptors (Lipinski definition) is 5. The van der Waals surface area contributed by atoms with Gasteiger partial charge in [-0.1, -0.05) is 0 Å². The Balaban J connectivity index is 3.16. The van der Waals surface area contributed by atoms with E-state index in [4.69, 9.17) is 5.73 Å². The fraction of sp³-hybridized carbons (Fsp3) is 0.167. The van der Waals surface area contributed by atoms with E-state index >= 15 is 0 Å². The number of hydrogen-bond donors (Lipinski definition) is 2. The van der Waals surface area contributed by atoms with Gasteiger partial charge in [-0.15, -0.1) is 4.91 Å². The highest BCUT2D eigenvalue weighted by molar-refractivity contribution is 5.64. The molecule has 0 aliphatic heterocycles. The molecule has 1 aromatic heterocycles. The van der Waals surface area contributed by atoms with E-state index in [-0.39, 0.29) is 5.69 Å². The molecule has 5 heteroatoms. The molecule has 0 aliphatic rings. The van der Waals surface area contributed by atoms with Crippen LogP contribution in [0.5, 0.6) is 0 Å². The summed E-state index contributed by atoms with van der Waals surface area (Å²) in [6.07, 6.45) is 1.46. The quantitative estimate of drug-likeness (QED) is 0.622. The van der Waals surface area contributed by atoms with Crippen LogP contribution < -0.4 is 11.1 Å². The van der Waals surface area contributed by atoms with Crippen LogP contribution in [0.4, 0.5) is 17.2 Å². The highest BCUT2D eigenvalue weighted by Crippen LogP contribution is 2.23. The number of nitroso groups, excluding NO2 is 1. The Hall–Kier alpha value is -1.65. The number of nitrogens with one attached hydrogen (secondary N) is 1. The molecule has 1 aromatic rings. The largest absolute Gasteiger partial charge is 0.397 e. The second-order valence-corrected chi connectivity index (χ2v) is 1.98. The molecule has 0 saturated carbocycles. The highest BCUT2D eigenvalue weighted by atomic mass is 16.3. The summed E-state index contributed by atoms with van der Waals surface area (Å²) >= 11 is 0. The van der Waals surface area contributed by atoms with E-state index in [2.05, 4.69) is 15.5 Å². The average molecular weight is 152 g/mol.